The van der Waals surface area contributed by atoms with E-state index in [9.17, 15) is 4.79 Å². The number of nitrogens with one attached hydrogen (secondary N) is 2. The summed E-state index contributed by atoms with van der Waals surface area (Å²) in [5, 5.41) is 6.61. The monoisotopic (exact) mass is 465 g/mol. The van der Waals surface area contributed by atoms with Crippen LogP contribution in [0.5, 0.6) is 0 Å². The molecule has 2 fully saturated rings. The van der Waals surface area contributed by atoms with Crippen LogP contribution in [0, 0.1) is 5.92 Å². The second kappa shape index (κ2) is 12.2. The predicted octanol–water partition coefficient (Wildman–Crippen LogP) is 3.76. The molecule has 3 rings (SSSR count). The molecule has 0 aromatic heterocycles. The molecule has 1 amide bonds. The Morgan fingerprint density at radius 2 is 1.85 bits per heavy atom. The fourth-order valence-electron chi connectivity index (χ4n) is 3.68. The van der Waals surface area contributed by atoms with Gasteiger partial charge in [-0.25, -0.2) is 0 Å². The van der Waals surface area contributed by atoms with Gasteiger partial charge in [0.25, 0.3) is 0 Å². The summed E-state index contributed by atoms with van der Waals surface area (Å²) in [6.45, 7) is 5.33. The molecule has 1 unspecified atom stereocenters. The molecule has 1 aromatic rings. The molecule has 0 radical (unpaired) electrons. The normalized spacial score (nSPS) is 20.9. The minimum atomic E-state index is 0. The Balaban J connectivity index is 0.00000169. The zero-order valence-electron chi connectivity index (χ0n) is 15.1. The fourth-order valence-corrected chi connectivity index (χ4v) is 3.94. The van der Waals surface area contributed by atoms with Crippen molar-refractivity contribution in [2.45, 2.75) is 44.7 Å². The van der Waals surface area contributed by atoms with Crippen molar-refractivity contribution < 1.29 is 4.79 Å². The third kappa shape index (κ3) is 7.73. The molecular formula is C19H30BrCl2N3O. The average Bonchev–Trinajstić information content (AvgIpc) is 3.10. The van der Waals surface area contributed by atoms with Gasteiger partial charge < -0.3 is 10.6 Å². The molecule has 1 atom stereocenters. The van der Waals surface area contributed by atoms with Gasteiger partial charge >= 0.3 is 0 Å². The van der Waals surface area contributed by atoms with Crippen molar-refractivity contribution in [3.05, 3.63) is 34.3 Å². The van der Waals surface area contributed by atoms with Gasteiger partial charge in [-0.05, 0) is 62.4 Å². The third-order valence-electron chi connectivity index (χ3n) is 5.21. The van der Waals surface area contributed by atoms with Crippen molar-refractivity contribution >= 4 is 46.7 Å². The molecule has 2 aliphatic heterocycles. The van der Waals surface area contributed by atoms with Crippen LogP contribution in [0.4, 0.5) is 0 Å². The van der Waals surface area contributed by atoms with Gasteiger partial charge in [0, 0.05) is 36.6 Å². The molecule has 0 bridgehead atoms. The van der Waals surface area contributed by atoms with Gasteiger partial charge in [0.1, 0.15) is 0 Å². The Bertz CT molecular complexity index is 530. The smallest absolute Gasteiger partial charge is 0.220 e. The van der Waals surface area contributed by atoms with E-state index in [1.807, 2.05) is 0 Å². The first-order valence-electron chi connectivity index (χ1n) is 9.16. The first-order valence-corrected chi connectivity index (χ1v) is 9.95. The fraction of sp³-hybridized carbons (Fsp3) is 0.632. The number of amides is 1. The van der Waals surface area contributed by atoms with Crippen LogP contribution in [0.1, 0.15) is 37.7 Å². The summed E-state index contributed by atoms with van der Waals surface area (Å²) in [4.78, 5) is 14.6. The number of nitrogens with zero attached hydrogens (tertiary/aromatic N) is 1. The van der Waals surface area contributed by atoms with Gasteiger partial charge in [0.15, 0.2) is 0 Å². The van der Waals surface area contributed by atoms with E-state index in [0.29, 0.717) is 18.4 Å². The lowest BCUT2D eigenvalue weighted by atomic mass is 10.0. The first-order chi connectivity index (χ1) is 11.7. The molecule has 2 saturated heterocycles. The number of carbonyl (C=O) groups is 1. The van der Waals surface area contributed by atoms with Gasteiger partial charge in [-0.1, -0.05) is 28.1 Å². The molecule has 7 heteroatoms. The standard InChI is InChI=1S/C19H28BrN3O.2ClH/c20-17-4-1-16(2-5-17)14-23-11-8-18(9-12-23)22-19(24)6-3-15-7-10-21-13-15;;/h1-2,4-5,15,18,21H,3,6-14H2,(H,22,24);2*1H. The highest BCUT2D eigenvalue weighted by molar-refractivity contribution is 9.10. The number of rotatable bonds is 6. The Morgan fingerprint density at radius 1 is 1.15 bits per heavy atom. The third-order valence-corrected chi connectivity index (χ3v) is 5.74. The van der Waals surface area contributed by atoms with E-state index in [-0.39, 0.29) is 30.7 Å². The average molecular weight is 467 g/mol. The summed E-state index contributed by atoms with van der Waals surface area (Å²) in [5.41, 5.74) is 1.35. The van der Waals surface area contributed by atoms with Crippen molar-refractivity contribution in [3.8, 4) is 0 Å². The van der Waals surface area contributed by atoms with E-state index in [2.05, 4.69) is 55.7 Å². The van der Waals surface area contributed by atoms with E-state index in [4.69, 9.17) is 0 Å². The van der Waals surface area contributed by atoms with Crippen molar-refractivity contribution in [2.24, 2.45) is 5.92 Å². The van der Waals surface area contributed by atoms with Crippen LogP contribution < -0.4 is 10.6 Å². The molecule has 0 saturated carbocycles. The number of carbonyl (C=O) groups excluding carboxylic acids is 1. The van der Waals surface area contributed by atoms with Crippen LogP contribution in [0.3, 0.4) is 0 Å². The lowest BCUT2D eigenvalue weighted by Crippen LogP contribution is -2.44. The zero-order chi connectivity index (χ0) is 16.8. The second-order valence-corrected chi connectivity index (χ2v) is 8.06. The molecule has 4 nitrogen and oxygen atoms in total. The van der Waals surface area contributed by atoms with Crippen LogP contribution in [0.2, 0.25) is 0 Å². The molecule has 2 aliphatic rings. The number of benzene rings is 1. The summed E-state index contributed by atoms with van der Waals surface area (Å²) in [6.07, 6.45) is 5.06. The predicted molar refractivity (Wildman–Crippen MR) is 115 cm³/mol. The summed E-state index contributed by atoms with van der Waals surface area (Å²) >= 11 is 3.48. The molecule has 2 N–H and O–H groups in total. The van der Waals surface area contributed by atoms with Crippen LogP contribution in [-0.4, -0.2) is 43.0 Å². The maximum Gasteiger partial charge on any atom is 0.220 e. The Morgan fingerprint density at radius 3 is 2.46 bits per heavy atom. The van der Waals surface area contributed by atoms with Gasteiger partial charge in [0.05, 0.1) is 0 Å². The number of piperidine rings is 1. The number of hydrogen-bond donors (Lipinski definition) is 2. The Labute approximate surface area is 177 Å². The molecule has 0 spiro atoms. The van der Waals surface area contributed by atoms with Crippen LogP contribution in [-0.2, 0) is 11.3 Å². The van der Waals surface area contributed by atoms with Crippen molar-refractivity contribution in [1.82, 2.24) is 15.5 Å². The second-order valence-electron chi connectivity index (χ2n) is 7.14. The lowest BCUT2D eigenvalue weighted by Gasteiger charge is -2.32. The highest BCUT2D eigenvalue weighted by Crippen LogP contribution is 2.17. The first kappa shape index (κ1) is 23.7. The van der Waals surface area contributed by atoms with E-state index >= 15 is 0 Å². The number of likely N-dealkylation sites (tertiary alicyclic amines) is 1. The molecular weight excluding hydrogens is 437 g/mol. The van der Waals surface area contributed by atoms with Crippen molar-refractivity contribution in [1.29, 1.82) is 0 Å². The summed E-state index contributed by atoms with van der Waals surface area (Å²) < 4.78 is 1.13. The Kier molecular flexibility index (Phi) is 11.1. The summed E-state index contributed by atoms with van der Waals surface area (Å²) in [7, 11) is 0. The van der Waals surface area contributed by atoms with Gasteiger partial charge in [0.2, 0.25) is 5.91 Å². The minimum absolute atomic E-state index is 0. The minimum Gasteiger partial charge on any atom is -0.353 e. The van der Waals surface area contributed by atoms with Crippen LogP contribution >= 0.6 is 40.7 Å². The van der Waals surface area contributed by atoms with Crippen molar-refractivity contribution in [3.63, 3.8) is 0 Å². The van der Waals surface area contributed by atoms with Gasteiger partial charge in [-0.15, -0.1) is 24.8 Å². The molecule has 0 aliphatic carbocycles. The maximum atomic E-state index is 12.1. The van der Waals surface area contributed by atoms with Crippen molar-refractivity contribution in [2.75, 3.05) is 26.2 Å². The maximum absolute atomic E-state index is 12.1. The van der Waals surface area contributed by atoms with Gasteiger partial charge in [-0.2, -0.15) is 0 Å². The topological polar surface area (TPSA) is 44.4 Å². The number of hydrogen-bond acceptors (Lipinski definition) is 3. The zero-order valence-corrected chi connectivity index (χ0v) is 18.3. The highest BCUT2D eigenvalue weighted by Gasteiger charge is 2.21. The molecule has 148 valence electrons. The molecule has 26 heavy (non-hydrogen) atoms. The van der Waals surface area contributed by atoms with E-state index in [1.165, 1.54) is 12.0 Å². The quantitative estimate of drug-likeness (QED) is 0.670. The van der Waals surface area contributed by atoms with E-state index in [1.54, 1.807) is 0 Å². The summed E-state index contributed by atoms with van der Waals surface area (Å²) in [5.74, 6) is 0.941. The van der Waals surface area contributed by atoms with Gasteiger partial charge in [-0.3, -0.25) is 9.69 Å². The van der Waals surface area contributed by atoms with Crippen LogP contribution in [0.25, 0.3) is 0 Å². The molecule has 2 heterocycles. The highest BCUT2D eigenvalue weighted by atomic mass is 79.9. The number of halogens is 3. The lowest BCUT2D eigenvalue weighted by molar-refractivity contribution is -0.122. The molecule has 1 aromatic carbocycles. The van der Waals surface area contributed by atoms with E-state index < -0.39 is 0 Å². The van der Waals surface area contributed by atoms with E-state index in [0.717, 1.165) is 56.5 Å². The SMILES string of the molecule is Cl.Cl.O=C(CCC1CCNC1)NC1CCN(Cc2ccc(Br)cc2)CC1. The Hall–Kier alpha value is -0.330. The largest absolute Gasteiger partial charge is 0.353 e. The summed E-state index contributed by atoms with van der Waals surface area (Å²) in [6, 6.07) is 8.91. The van der Waals surface area contributed by atoms with Crippen LogP contribution in [0.15, 0.2) is 28.7 Å².